The minimum Gasteiger partial charge on any atom is -0.459 e. The van der Waals surface area contributed by atoms with Crippen LogP contribution in [0.3, 0.4) is 0 Å². The van der Waals surface area contributed by atoms with Crippen molar-refractivity contribution in [3.63, 3.8) is 0 Å². The van der Waals surface area contributed by atoms with Gasteiger partial charge in [0.15, 0.2) is 24.5 Å². The van der Waals surface area contributed by atoms with E-state index < -0.39 is 108 Å². The number of carbonyl (C=O) groups is 2. The molecule has 5 fully saturated rings. The van der Waals surface area contributed by atoms with Gasteiger partial charge in [-0.15, -0.1) is 0 Å². The zero-order valence-electron chi connectivity index (χ0n) is 34.3. The molecule has 5 heterocycles. The van der Waals surface area contributed by atoms with Gasteiger partial charge >= 0.3 is 11.9 Å². The van der Waals surface area contributed by atoms with Crippen LogP contribution in [0.25, 0.3) is 0 Å². The number of aliphatic hydroxyl groups excluding tert-OH is 2. The molecule has 19 atom stereocenters. The van der Waals surface area contributed by atoms with E-state index in [2.05, 4.69) is 0 Å². The first-order chi connectivity index (χ1) is 24.6. The monoisotopic (exact) mass is 757 g/mol. The van der Waals surface area contributed by atoms with Crippen LogP contribution >= 0.6 is 0 Å². The summed E-state index contributed by atoms with van der Waals surface area (Å²) < 4.78 is 58.8. The predicted octanol–water partition coefficient (Wildman–Crippen LogP) is 3.56. The number of carbonyl (C=O) groups excluding carboxylic acids is 2. The molecule has 5 aliphatic rings. The average Bonchev–Trinajstić information content (AvgIpc) is 3.45. The molecule has 5 aliphatic heterocycles. The lowest BCUT2D eigenvalue weighted by Crippen LogP contribution is -2.61. The van der Waals surface area contributed by atoms with Gasteiger partial charge in [0.2, 0.25) is 0 Å². The number of nitrogens with zero attached hydrogens (tertiary/aromatic N) is 1. The number of esters is 2. The molecule has 0 radical (unpaired) electrons. The van der Waals surface area contributed by atoms with Gasteiger partial charge in [0.05, 0.1) is 53.7 Å². The summed E-state index contributed by atoms with van der Waals surface area (Å²) in [5, 5.41) is 22.9. The third-order valence-corrected chi connectivity index (χ3v) is 13.2. The number of ether oxygens (including phenoxy) is 9. The molecule has 0 aromatic rings. The van der Waals surface area contributed by atoms with Crippen LogP contribution in [0, 0.1) is 23.7 Å². The van der Waals surface area contributed by atoms with Crippen molar-refractivity contribution in [2.45, 2.75) is 192 Å². The fourth-order valence-electron chi connectivity index (χ4n) is 10.1. The summed E-state index contributed by atoms with van der Waals surface area (Å²) in [7, 11) is 5.40. The molecule has 53 heavy (non-hydrogen) atoms. The van der Waals surface area contributed by atoms with E-state index in [4.69, 9.17) is 42.6 Å². The largest absolute Gasteiger partial charge is 0.459 e. The van der Waals surface area contributed by atoms with Gasteiger partial charge in [0.25, 0.3) is 0 Å². The van der Waals surface area contributed by atoms with E-state index in [1.54, 1.807) is 27.9 Å². The Kier molecular flexibility index (Phi) is 12.5. The second-order valence-electron chi connectivity index (χ2n) is 17.5. The van der Waals surface area contributed by atoms with E-state index in [0.29, 0.717) is 19.3 Å². The number of hydrogen-bond donors (Lipinski definition) is 2. The highest BCUT2D eigenvalue weighted by Crippen LogP contribution is 2.59. The summed E-state index contributed by atoms with van der Waals surface area (Å²) in [6, 6.07) is -0.215. The Labute approximate surface area is 315 Å². The Balaban J connectivity index is 1.64. The number of rotatable bonds is 8. The fraction of sp³-hybridized carbons (Fsp3) is 0.949. The molecule has 0 unspecified atom stereocenters. The van der Waals surface area contributed by atoms with Crippen LogP contribution in [-0.4, -0.2) is 138 Å². The molecule has 0 aliphatic carbocycles. The molecule has 0 aromatic heterocycles. The van der Waals surface area contributed by atoms with Crippen LogP contribution < -0.4 is 0 Å². The van der Waals surface area contributed by atoms with Gasteiger partial charge < -0.3 is 57.7 Å². The smallest absolute Gasteiger partial charge is 0.311 e. The fourth-order valence-corrected chi connectivity index (χ4v) is 10.1. The summed E-state index contributed by atoms with van der Waals surface area (Å²) >= 11 is 0. The molecule has 0 aromatic carbocycles. The molecule has 306 valence electrons. The van der Waals surface area contributed by atoms with Crippen molar-refractivity contribution in [1.82, 2.24) is 4.90 Å². The van der Waals surface area contributed by atoms with E-state index in [1.807, 2.05) is 67.5 Å². The molecule has 2 N–H and O–H groups in total. The quantitative estimate of drug-likeness (QED) is 0.346. The van der Waals surface area contributed by atoms with Crippen molar-refractivity contribution in [1.29, 1.82) is 0 Å². The molecular formula is C39H67NO13. The van der Waals surface area contributed by atoms with Crippen molar-refractivity contribution < 1.29 is 62.4 Å². The molecule has 0 saturated carbocycles. The Bertz CT molecular complexity index is 1320. The molecular weight excluding hydrogens is 690 g/mol. The number of cyclic esters (lactones) is 1. The Morgan fingerprint density at radius 2 is 1.60 bits per heavy atom. The van der Waals surface area contributed by atoms with Gasteiger partial charge in [-0.25, -0.2) is 0 Å². The van der Waals surface area contributed by atoms with Gasteiger partial charge in [-0.3, -0.25) is 9.59 Å². The number of hydrogen-bond acceptors (Lipinski definition) is 14. The lowest BCUT2D eigenvalue weighted by molar-refractivity contribution is -0.345. The van der Waals surface area contributed by atoms with E-state index in [9.17, 15) is 19.8 Å². The first-order valence-corrected chi connectivity index (χ1v) is 19.5. The molecule has 14 heteroatoms. The average molecular weight is 758 g/mol. The number of fused-ring (bicyclic) bond motifs is 2. The summed E-state index contributed by atoms with van der Waals surface area (Å²) in [6.45, 7) is 20.2. The molecule has 3 bridgehead atoms. The lowest BCUT2D eigenvalue weighted by atomic mass is 9.77. The van der Waals surface area contributed by atoms with Crippen LogP contribution in [0.15, 0.2) is 0 Å². The number of methoxy groups -OCH3 is 1. The molecule has 0 amide bonds. The van der Waals surface area contributed by atoms with E-state index in [0.717, 1.165) is 0 Å². The van der Waals surface area contributed by atoms with Gasteiger partial charge in [-0.05, 0) is 74.9 Å². The van der Waals surface area contributed by atoms with Crippen molar-refractivity contribution >= 4 is 11.9 Å². The van der Waals surface area contributed by atoms with Crippen LogP contribution in [0.2, 0.25) is 0 Å². The van der Waals surface area contributed by atoms with Gasteiger partial charge in [-0.1, -0.05) is 27.7 Å². The van der Waals surface area contributed by atoms with Gasteiger partial charge in [-0.2, -0.15) is 0 Å². The minimum atomic E-state index is -1.28. The Morgan fingerprint density at radius 1 is 0.943 bits per heavy atom. The van der Waals surface area contributed by atoms with E-state index in [1.165, 1.54) is 6.92 Å². The van der Waals surface area contributed by atoms with Gasteiger partial charge in [0, 0.05) is 38.2 Å². The highest BCUT2D eigenvalue weighted by Gasteiger charge is 2.71. The maximum atomic E-state index is 14.3. The van der Waals surface area contributed by atoms with Crippen LogP contribution in [-0.2, 0) is 52.2 Å². The molecule has 14 nitrogen and oxygen atoms in total. The standard InChI is InChI=1S/C39H67NO13/c1-15-27-38(11)31(42)23(6)39(53-38)19(2)17-37(10,52-39)33(51-35-30(48-25(8)41)26(40(12)13)16-20(3)46-35)21(4)29(22(5)34(44)49-27)50-28-18-36(9,45-14)32(43)24(7)47-28/h19-24,26-33,35,42-43H,15-18H2,1-14H3/t19-,20-,21+,22-,23-,24+,26+,27-,28+,29+,30-,31-,32+,33-,35+,36-,37-,38-,39-/m1/s1. The second-order valence-corrected chi connectivity index (χ2v) is 17.5. The number of aliphatic hydroxyl groups is 2. The Morgan fingerprint density at radius 3 is 2.19 bits per heavy atom. The summed E-state index contributed by atoms with van der Waals surface area (Å²) in [4.78, 5) is 28.9. The zero-order valence-corrected chi connectivity index (χ0v) is 34.3. The van der Waals surface area contributed by atoms with Crippen molar-refractivity contribution in [3.8, 4) is 0 Å². The third-order valence-electron chi connectivity index (χ3n) is 13.2. The SMILES string of the molecule is CC[C@H]1OC(=O)[C@H](C)[C@@H](O[C@H]2C[C@@](C)(OC)[C@@H](O)[C@H](C)O2)[C@H](C)[C@@H](O[C@@H]2O[C@H](C)C[C@H](N(C)C)[C@H]2OC(C)=O)[C@@]2(C)C[C@@H](C)[C@]3(O[C@@]1(C)[C@H](O)[C@H]3C)O2. The minimum absolute atomic E-state index is 0.189. The molecule has 5 rings (SSSR count). The maximum absolute atomic E-state index is 14.3. The van der Waals surface area contributed by atoms with Crippen molar-refractivity contribution in [3.05, 3.63) is 0 Å². The molecule has 1 spiro atoms. The first kappa shape index (κ1) is 42.7. The van der Waals surface area contributed by atoms with Crippen LogP contribution in [0.1, 0.15) is 102 Å². The van der Waals surface area contributed by atoms with Gasteiger partial charge in [0.1, 0.15) is 17.8 Å². The Hall–Kier alpha value is -1.46. The lowest BCUT2D eigenvalue weighted by Gasteiger charge is -2.49. The van der Waals surface area contributed by atoms with Crippen LogP contribution in [0.4, 0.5) is 0 Å². The first-order valence-electron chi connectivity index (χ1n) is 19.5. The number of likely N-dealkylation sites (N-methyl/N-ethyl adjacent to an activating group) is 1. The highest BCUT2D eigenvalue weighted by atomic mass is 16.8. The zero-order chi connectivity index (χ0) is 39.6. The van der Waals surface area contributed by atoms with E-state index >= 15 is 0 Å². The van der Waals surface area contributed by atoms with Crippen molar-refractivity contribution in [2.75, 3.05) is 21.2 Å². The van der Waals surface area contributed by atoms with E-state index in [-0.39, 0.29) is 24.5 Å². The normalized spacial score (nSPS) is 52.1. The third kappa shape index (κ3) is 7.56. The summed E-state index contributed by atoms with van der Waals surface area (Å²) in [5.74, 6) is -4.43. The summed E-state index contributed by atoms with van der Waals surface area (Å²) in [6.07, 6.45) is -6.31. The predicted molar refractivity (Wildman–Crippen MR) is 191 cm³/mol. The second kappa shape index (κ2) is 15.5. The van der Waals surface area contributed by atoms with Crippen molar-refractivity contribution in [2.24, 2.45) is 23.7 Å². The topological polar surface area (TPSA) is 161 Å². The molecule has 5 saturated heterocycles. The maximum Gasteiger partial charge on any atom is 0.311 e. The summed E-state index contributed by atoms with van der Waals surface area (Å²) in [5.41, 5.74) is -3.34. The highest BCUT2D eigenvalue weighted by molar-refractivity contribution is 5.73. The van der Waals surface area contributed by atoms with Crippen LogP contribution in [0.5, 0.6) is 0 Å².